The average Bonchev–Trinajstić information content (AvgIpc) is 3.83. The Morgan fingerprint density at radius 3 is 1.58 bits per heavy atom. The molecule has 59 heavy (non-hydrogen) atoms. The van der Waals surface area contributed by atoms with Crippen LogP contribution in [0.1, 0.15) is 33.6 Å². The molecule has 12 nitrogen and oxygen atoms in total. The highest BCUT2D eigenvalue weighted by Crippen LogP contribution is 2.36. The number of aryl methyl sites for hydroxylation is 2. The molecule has 296 valence electrons. The number of halogens is 1. The molecule has 4 aromatic heterocycles. The van der Waals surface area contributed by atoms with E-state index in [1.165, 1.54) is 12.7 Å². The summed E-state index contributed by atoms with van der Waals surface area (Å²) in [6, 6.07) is 33.6. The van der Waals surface area contributed by atoms with Crippen molar-refractivity contribution in [1.29, 1.82) is 0 Å². The van der Waals surface area contributed by atoms with E-state index < -0.39 is 0 Å². The van der Waals surface area contributed by atoms with Gasteiger partial charge in [0, 0.05) is 59.1 Å². The molecule has 0 aliphatic rings. The summed E-state index contributed by atoms with van der Waals surface area (Å²) in [4.78, 5) is 42.1. The Bertz CT molecular complexity index is 2560. The lowest BCUT2D eigenvalue weighted by Gasteiger charge is -2.08. The Kier molecular flexibility index (Phi) is 13.4. The molecular weight excluding hydrogens is 760 g/mol. The summed E-state index contributed by atoms with van der Waals surface area (Å²) in [5.41, 5.74) is 14.1. The normalized spacial score (nSPS) is 10.6. The Hall–Kier alpha value is -7.41. The van der Waals surface area contributed by atoms with Crippen LogP contribution < -0.4 is 22.5 Å². The highest BCUT2D eigenvalue weighted by atomic mass is 35.5. The van der Waals surface area contributed by atoms with Gasteiger partial charge < -0.3 is 31.7 Å². The third-order valence-corrected chi connectivity index (χ3v) is 9.66. The van der Waals surface area contributed by atoms with Gasteiger partial charge in [0.05, 0.1) is 10.8 Å². The molecule has 2 amide bonds. The predicted molar refractivity (Wildman–Crippen MR) is 239 cm³/mol. The number of carbonyl (C=O) groups is 2. The molecule has 0 bridgehead atoms. The summed E-state index contributed by atoms with van der Waals surface area (Å²) < 4.78 is 4.11. The number of hydrogen-bond donors (Lipinski definition) is 4. The number of carbonyl (C=O) groups excluding carboxylic acids is 2. The summed E-state index contributed by atoms with van der Waals surface area (Å²) >= 11 is 6.41. The topological polar surface area (TPSA) is 181 Å². The van der Waals surface area contributed by atoms with E-state index in [4.69, 9.17) is 17.3 Å². The van der Waals surface area contributed by atoms with E-state index in [1.807, 2.05) is 109 Å². The van der Waals surface area contributed by atoms with E-state index in [2.05, 4.69) is 52.9 Å². The monoisotopic (exact) mass is 802 g/mol. The largest absolute Gasteiger partial charge is 0.383 e. The third-order valence-electron chi connectivity index (χ3n) is 9.37. The highest BCUT2D eigenvalue weighted by molar-refractivity contribution is 6.35. The van der Waals surface area contributed by atoms with Crippen molar-refractivity contribution in [3.63, 3.8) is 0 Å². The maximum atomic E-state index is 12.5. The predicted octanol–water partition coefficient (Wildman–Crippen LogP) is 10.3. The van der Waals surface area contributed by atoms with Gasteiger partial charge >= 0.3 is 0 Å². The summed E-state index contributed by atoms with van der Waals surface area (Å²) in [6.07, 6.45) is 12.4. The van der Waals surface area contributed by atoms with E-state index in [0.29, 0.717) is 33.5 Å². The first-order valence-corrected chi connectivity index (χ1v) is 19.0. The minimum absolute atomic E-state index is 0. The van der Waals surface area contributed by atoms with E-state index >= 15 is 0 Å². The number of rotatable bonds is 12. The van der Waals surface area contributed by atoms with Crippen molar-refractivity contribution in [2.75, 3.05) is 16.4 Å². The van der Waals surface area contributed by atoms with E-state index in [1.54, 1.807) is 24.3 Å². The second kappa shape index (κ2) is 19.2. The van der Waals surface area contributed by atoms with Gasteiger partial charge in [-0.2, -0.15) is 0 Å². The van der Waals surface area contributed by atoms with Crippen LogP contribution in [0, 0.1) is 0 Å². The smallest absolute Gasteiger partial charge is 0.255 e. The number of nitrogens with one attached hydrogen (secondary N) is 2. The van der Waals surface area contributed by atoms with Crippen molar-refractivity contribution < 1.29 is 9.59 Å². The Balaban J connectivity index is 0.000000195. The molecular formula is C46H43ClN10O2. The number of nitrogens with zero attached hydrogens (tertiary/aromatic N) is 6. The standard InChI is InChI=1S/C23H19ClN4O.C23H21N5O.H3N/c2*1-2-3-12-28-14-19(20-21(24)25-15-26-22(20)28)17-10-7-11-18(13-17)27-23(29)16-8-5-4-6-9-16;/h2,4-11,13-15H,1,3,12H2,(H,27,29);2,4-11,13-15H,1,3,12H2,(H,27,29)(H2,24,25,26);1H3. The van der Waals surface area contributed by atoms with Crippen LogP contribution in [-0.4, -0.2) is 40.9 Å². The summed E-state index contributed by atoms with van der Waals surface area (Å²) in [5.74, 6) is 0.123. The number of amides is 2. The molecule has 7 N–H and O–H groups in total. The zero-order valence-electron chi connectivity index (χ0n) is 32.3. The maximum Gasteiger partial charge on any atom is 0.255 e. The van der Waals surface area contributed by atoms with Crippen LogP contribution in [0.2, 0.25) is 5.15 Å². The van der Waals surface area contributed by atoms with Gasteiger partial charge in [0.25, 0.3) is 11.8 Å². The molecule has 0 radical (unpaired) electrons. The number of anilines is 3. The number of hydrogen-bond acceptors (Lipinski definition) is 8. The van der Waals surface area contributed by atoms with E-state index in [9.17, 15) is 9.59 Å². The number of nitrogen functional groups attached to an aromatic ring is 1. The van der Waals surface area contributed by atoms with Crippen molar-refractivity contribution in [1.82, 2.24) is 35.2 Å². The van der Waals surface area contributed by atoms with E-state index in [0.717, 1.165) is 70.3 Å². The summed E-state index contributed by atoms with van der Waals surface area (Å²) in [5, 5.41) is 7.91. The molecule has 4 aromatic carbocycles. The molecule has 0 fully saturated rings. The average molecular weight is 803 g/mol. The first-order valence-electron chi connectivity index (χ1n) is 18.6. The first kappa shape index (κ1) is 41.2. The molecule has 0 aliphatic heterocycles. The van der Waals surface area contributed by atoms with Gasteiger partial charge in [-0.3, -0.25) is 9.59 Å². The van der Waals surface area contributed by atoms with Crippen LogP contribution in [0.5, 0.6) is 0 Å². The molecule has 0 saturated carbocycles. The van der Waals surface area contributed by atoms with Crippen LogP contribution in [0.15, 0.2) is 160 Å². The number of fused-ring (bicyclic) bond motifs is 2. The fourth-order valence-corrected chi connectivity index (χ4v) is 6.82. The quantitative estimate of drug-likeness (QED) is 0.0695. The van der Waals surface area contributed by atoms with Crippen LogP contribution in [0.3, 0.4) is 0 Å². The number of aromatic nitrogens is 6. The van der Waals surface area contributed by atoms with Gasteiger partial charge in [0.2, 0.25) is 0 Å². The Labute approximate surface area is 346 Å². The molecule has 0 saturated heterocycles. The molecule has 8 rings (SSSR count). The molecule has 8 aromatic rings. The molecule has 13 heteroatoms. The minimum atomic E-state index is -0.155. The lowest BCUT2D eigenvalue weighted by Crippen LogP contribution is -2.11. The summed E-state index contributed by atoms with van der Waals surface area (Å²) in [6.45, 7) is 9.08. The lowest BCUT2D eigenvalue weighted by molar-refractivity contribution is 0.101. The SMILES string of the molecule is C=CCCn1cc(-c2cccc(NC(=O)c3ccccc3)c2)c2c(Cl)ncnc21.C=CCCn1cc(-c2cccc(NC(=O)c3ccccc3)c2)c2c(N)ncnc21.N. The molecule has 4 heterocycles. The van der Waals surface area contributed by atoms with Gasteiger partial charge in [-0.05, 0) is 72.5 Å². The van der Waals surface area contributed by atoms with E-state index in [-0.39, 0.29) is 18.0 Å². The van der Waals surface area contributed by atoms with Gasteiger partial charge in [-0.25, -0.2) is 19.9 Å². The van der Waals surface area contributed by atoms with Crippen LogP contribution in [0.4, 0.5) is 17.2 Å². The number of nitrogens with two attached hydrogens (primary N) is 1. The van der Waals surface area contributed by atoms with Crippen LogP contribution in [0.25, 0.3) is 44.3 Å². The maximum absolute atomic E-state index is 12.5. The number of benzene rings is 4. The minimum Gasteiger partial charge on any atom is -0.383 e. The second-order valence-electron chi connectivity index (χ2n) is 13.2. The fraction of sp³-hybridized carbons (Fsp3) is 0.0870. The molecule has 0 aliphatic carbocycles. The van der Waals surface area contributed by atoms with Crippen molar-refractivity contribution in [2.45, 2.75) is 25.9 Å². The molecule has 0 spiro atoms. The Morgan fingerprint density at radius 2 is 1.08 bits per heavy atom. The van der Waals surface area contributed by atoms with Crippen molar-refractivity contribution >= 4 is 62.7 Å². The summed E-state index contributed by atoms with van der Waals surface area (Å²) in [7, 11) is 0. The lowest BCUT2D eigenvalue weighted by atomic mass is 10.1. The van der Waals surface area contributed by atoms with Crippen LogP contribution >= 0.6 is 11.6 Å². The van der Waals surface area contributed by atoms with Gasteiger partial charge in [0.1, 0.15) is 34.9 Å². The van der Waals surface area contributed by atoms with Crippen molar-refractivity contribution in [3.05, 3.63) is 176 Å². The second-order valence-corrected chi connectivity index (χ2v) is 13.6. The molecule has 0 atom stereocenters. The van der Waals surface area contributed by atoms with Gasteiger partial charge in [0.15, 0.2) is 0 Å². The van der Waals surface area contributed by atoms with Crippen LogP contribution in [-0.2, 0) is 13.1 Å². The Morgan fingerprint density at radius 1 is 0.627 bits per heavy atom. The third kappa shape index (κ3) is 9.42. The fourth-order valence-electron chi connectivity index (χ4n) is 6.59. The van der Waals surface area contributed by atoms with Gasteiger partial charge in [-0.15, -0.1) is 13.2 Å². The van der Waals surface area contributed by atoms with Gasteiger partial charge in [-0.1, -0.05) is 84.4 Å². The molecule has 0 unspecified atom stereocenters. The highest BCUT2D eigenvalue weighted by Gasteiger charge is 2.17. The zero-order valence-corrected chi connectivity index (χ0v) is 33.0. The number of allylic oxidation sites excluding steroid dienone is 2. The first-order chi connectivity index (χ1) is 28.3. The van der Waals surface area contributed by atoms with Crippen molar-refractivity contribution in [2.24, 2.45) is 0 Å². The van der Waals surface area contributed by atoms with Crippen molar-refractivity contribution in [3.8, 4) is 22.3 Å². The zero-order chi connectivity index (χ0) is 40.4.